The van der Waals surface area contributed by atoms with Crippen LogP contribution in [0.2, 0.25) is 5.02 Å². The third-order valence-corrected chi connectivity index (χ3v) is 5.07. The molecule has 23 heavy (non-hydrogen) atoms. The predicted molar refractivity (Wildman–Crippen MR) is 92.7 cm³/mol. The zero-order valence-electron chi connectivity index (χ0n) is 14.0. The lowest BCUT2D eigenvalue weighted by Crippen LogP contribution is -2.49. The number of nitrogens with zero attached hydrogens (tertiary/aromatic N) is 2. The number of likely N-dealkylation sites (N-methyl/N-ethyl adjacent to an activating group) is 1. The number of carbonyl (C=O) groups excluding carboxylic acids is 1. The number of carbonyl (C=O) groups is 1. The summed E-state index contributed by atoms with van der Waals surface area (Å²) in [4.78, 5) is 14.1. The highest BCUT2D eigenvalue weighted by Crippen LogP contribution is 2.31. The first kappa shape index (κ1) is 19.6. The van der Waals surface area contributed by atoms with Crippen molar-refractivity contribution in [3.05, 3.63) is 23.2 Å². The number of benzene rings is 1. The zero-order chi connectivity index (χ0) is 17.8. The van der Waals surface area contributed by atoms with E-state index in [0.717, 1.165) is 10.6 Å². The summed E-state index contributed by atoms with van der Waals surface area (Å²) in [6.07, 6.45) is 1.07. The minimum Gasteiger partial charge on any atom is -0.495 e. The van der Waals surface area contributed by atoms with Crippen LogP contribution < -0.4 is 9.04 Å². The van der Waals surface area contributed by atoms with E-state index in [1.165, 1.54) is 13.2 Å². The molecule has 130 valence electrons. The normalized spacial score (nSPS) is 12.6. The molecule has 0 spiro atoms. The van der Waals surface area contributed by atoms with Gasteiger partial charge in [0.05, 0.1) is 24.1 Å². The Morgan fingerprint density at radius 1 is 1.30 bits per heavy atom. The number of methoxy groups -OCH3 is 1. The second-order valence-electron chi connectivity index (χ2n) is 5.06. The summed E-state index contributed by atoms with van der Waals surface area (Å²) in [5.41, 5.74) is 0.325. The van der Waals surface area contributed by atoms with Crippen molar-refractivity contribution in [3.63, 3.8) is 0 Å². The summed E-state index contributed by atoms with van der Waals surface area (Å²) in [5, 5.41) is 0.279. The van der Waals surface area contributed by atoms with Crippen LogP contribution in [0.25, 0.3) is 0 Å². The van der Waals surface area contributed by atoms with Gasteiger partial charge < -0.3 is 9.64 Å². The van der Waals surface area contributed by atoms with Crippen LogP contribution in [0.3, 0.4) is 0 Å². The number of amides is 1. The lowest BCUT2D eigenvalue weighted by Gasteiger charge is -2.32. The van der Waals surface area contributed by atoms with E-state index in [4.69, 9.17) is 16.3 Å². The van der Waals surface area contributed by atoms with Crippen LogP contribution in [-0.2, 0) is 14.8 Å². The molecule has 1 aromatic rings. The predicted octanol–water partition coefficient (Wildman–Crippen LogP) is 2.37. The maximum Gasteiger partial charge on any atom is 0.246 e. The Morgan fingerprint density at radius 3 is 2.26 bits per heavy atom. The second-order valence-corrected chi connectivity index (χ2v) is 7.33. The number of ether oxygens (including phenoxy) is 1. The maximum absolute atomic E-state index is 12.5. The van der Waals surface area contributed by atoms with Gasteiger partial charge in [-0.25, -0.2) is 8.42 Å². The Morgan fingerprint density at radius 2 is 1.87 bits per heavy atom. The van der Waals surface area contributed by atoms with Crippen LogP contribution >= 0.6 is 11.6 Å². The van der Waals surface area contributed by atoms with Crippen molar-refractivity contribution >= 4 is 33.2 Å². The van der Waals surface area contributed by atoms with Crippen LogP contribution in [0.15, 0.2) is 18.2 Å². The second kappa shape index (κ2) is 7.88. The summed E-state index contributed by atoms with van der Waals surface area (Å²) in [5.74, 6) is 0.180. The van der Waals surface area contributed by atoms with E-state index in [1.807, 2.05) is 13.8 Å². The average molecular weight is 363 g/mol. The van der Waals surface area contributed by atoms with Gasteiger partial charge in [-0.3, -0.25) is 9.10 Å². The molecule has 0 aliphatic carbocycles. The first-order valence-electron chi connectivity index (χ1n) is 7.29. The molecule has 1 aromatic carbocycles. The highest BCUT2D eigenvalue weighted by atomic mass is 35.5. The van der Waals surface area contributed by atoms with E-state index >= 15 is 0 Å². The third kappa shape index (κ3) is 4.51. The Hall–Kier alpha value is -1.47. The SMILES string of the molecule is CCN(CC)C(=O)[C@@H](C)N(c1ccc(OC)c(Cl)c1)S(C)(=O)=O. The minimum atomic E-state index is -3.66. The van der Waals surface area contributed by atoms with Crippen LogP contribution in [0.4, 0.5) is 5.69 Å². The molecule has 1 amide bonds. The lowest BCUT2D eigenvalue weighted by molar-refractivity contribution is -0.131. The van der Waals surface area contributed by atoms with Gasteiger partial charge in [0.1, 0.15) is 11.8 Å². The summed E-state index contributed by atoms with van der Waals surface area (Å²) in [6.45, 7) is 6.30. The fourth-order valence-corrected chi connectivity index (χ4v) is 3.81. The van der Waals surface area contributed by atoms with Crippen molar-refractivity contribution in [1.29, 1.82) is 0 Å². The van der Waals surface area contributed by atoms with Crippen molar-refractivity contribution in [2.24, 2.45) is 0 Å². The van der Waals surface area contributed by atoms with E-state index in [-0.39, 0.29) is 10.9 Å². The first-order chi connectivity index (χ1) is 10.7. The Kier molecular flexibility index (Phi) is 6.70. The van der Waals surface area contributed by atoms with E-state index < -0.39 is 16.1 Å². The molecule has 0 unspecified atom stereocenters. The van der Waals surface area contributed by atoms with Gasteiger partial charge in [-0.15, -0.1) is 0 Å². The topological polar surface area (TPSA) is 66.9 Å². The third-order valence-electron chi connectivity index (χ3n) is 3.53. The molecule has 0 aliphatic heterocycles. The number of hydrogen-bond donors (Lipinski definition) is 0. The van der Waals surface area contributed by atoms with Gasteiger partial charge in [0.25, 0.3) is 0 Å². The summed E-state index contributed by atoms with van der Waals surface area (Å²) in [6, 6.07) is 3.75. The van der Waals surface area contributed by atoms with Crippen molar-refractivity contribution in [1.82, 2.24) is 4.90 Å². The fourth-order valence-electron chi connectivity index (χ4n) is 2.39. The van der Waals surface area contributed by atoms with Crippen molar-refractivity contribution in [2.75, 3.05) is 30.8 Å². The molecular formula is C15H23ClN2O4S. The highest BCUT2D eigenvalue weighted by molar-refractivity contribution is 7.92. The van der Waals surface area contributed by atoms with Crippen LogP contribution in [-0.4, -0.2) is 51.7 Å². The number of sulfonamides is 1. The van der Waals surface area contributed by atoms with Gasteiger partial charge in [-0.1, -0.05) is 11.6 Å². The molecule has 0 saturated carbocycles. The van der Waals surface area contributed by atoms with E-state index in [9.17, 15) is 13.2 Å². The smallest absolute Gasteiger partial charge is 0.246 e. The van der Waals surface area contributed by atoms with Gasteiger partial charge in [-0.2, -0.15) is 0 Å². The average Bonchev–Trinajstić information content (AvgIpc) is 2.47. The largest absolute Gasteiger partial charge is 0.495 e. The molecule has 0 N–H and O–H groups in total. The Balaban J connectivity index is 3.31. The quantitative estimate of drug-likeness (QED) is 0.746. The van der Waals surface area contributed by atoms with Crippen LogP contribution in [0, 0.1) is 0 Å². The number of anilines is 1. The van der Waals surface area contributed by atoms with E-state index in [0.29, 0.717) is 24.5 Å². The van der Waals surface area contributed by atoms with Gasteiger partial charge in [-0.05, 0) is 39.0 Å². The minimum absolute atomic E-state index is 0.257. The Bertz CT molecular complexity index is 659. The molecule has 1 rings (SSSR count). The molecule has 0 fully saturated rings. The van der Waals surface area contributed by atoms with Gasteiger partial charge in [0, 0.05) is 13.1 Å². The number of hydrogen-bond acceptors (Lipinski definition) is 4. The van der Waals surface area contributed by atoms with Crippen LogP contribution in [0.5, 0.6) is 5.75 Å². The summed E-state index contributed by atoms with van der Waals surface area (Å²) < 4.78 is 30.6. The standard InChI is InChI=1S/C15H23ClN2O4S/c1-6-17(7-2)15(19)11(3)18(23(5,20)21)12-8-9-14(22-4)13(16)10-12/h8-11H,6-7H2,1-5H3/t11-/m1/s1. The molecule has 0 radical (unpaired) electrons. The molecule has 0 aliphatic rings. The summed E-state index contributed by atoms with van der Waals surface area (Å²) >= 11 is 6.08. The molecule has 0 saturated heterocycles. The summed E-state index contributed by atoms with van der Waals surface area (Å²) in [7, 11) is -2.19. The molecule has 0 bridgehead atoms. The van der Waals surface area contributed by atoms with Crippen molar-refractivity contribution in [3.8, 4) is 5.75 Å². The van der Waals surface area contributed by atoms with Gasteiger partial charge >= 0.3 is 0 Å². The highest BCUT2D eigenvalue weighted by Gasteiger charge is 2.31. The molecule has 0 aromatic heterocycles. The fraction of sp³-hybridized carbons (Fsp3) is 0.533. The van der Waals surface area contributed by atoms with E-state index in [1.54, 1.807) is 24.0 Å². The monoisotopic (exact) mass is 362 g/mol. The molecule has 6 nitrogen and oxygen atoms in total. The molecular weight excluding hydrogens is 340 g/mol. The van der Waals surface area contributed by atoms with Crippen molar-refractivity contribution in [2.45, 2.75) is 26.8 Å². The first-order valence-corrected chi connectivity index (χ1v) is 9.51. The van der Waals surface area contributed by atoms with Crippen LogP contribution in [0.1, 0.15) is 20.8 Å². The molecule has 8 heteroatoms. The lowest BCUT2D eigenvalue weighted by atomic mass is 10.2. The molecule has 0 heterocycles. The Labute approximate surface area is 143 Å². The number of rotatable bonds is 7. The number of halogens is 1. The molecule has 1 atom stereocenters. The zero-order valence-corrected chi connectivity index (χ0v) is 15.6. The maximum atomic E-state index is 12.5. The van der Waals surface area contributed by atoms with E-state index in [2.05, 4.69) is 0 Å². The van der Waals surface area contributed by atoms with Gasteiger partial charge in [0.15, 0.2) is 0 Å². The van der Waals surface area contributed by atoms with Crippen molar-refractivity contribution < 1.29 is 17.9 Å². The van der Waals surface area contributed by atoms with Gasteiger partial charge in [0.2, 0.25) is 15.9 Å².